The number of anilines is 2. The highest BCUT2D eigenvalue weighted by molar-refractivity contribution is 7.98. The van der Waals surface area contributed by atoms with Crippen LogP contribution in [0.25, 0.3) is 0 Å². The maximum atomic E-state index is 12.9. The first kappa shape index (κ1) is 19.8. The van der Waals surface area contributed by atoms with Gasteiger partial charge in [-0.3, -0.25) is 19.0 Å². The van der Waals surface area contributed by atoms with Gasteiger partial charge in [-0.05, 0) is 36.4 Å². The monoisotopic (exact) mass is 409 g/mol. The number of hydrogen-bond acceptors (Lipinski definition) is 6. The number of halogens is 1. The number of carbonyl (C=O) groups excluding carboxylic acids is 1. The smallest absolute Gasteiger partial charge is 0.281 e. The zero-order valence-corrected chi connectivity index (χ0v) is 16.6. The van der Waals surface area contributed by atoms with E-state index in [4.69, 9.17) is 21.5 Å². The van der Waals surface area contributed by atoms with Crippen LogP contribution in [0.4, 0.5) is 11.5 Å². The molecule has 2 heterocycles. The van der Waals surface area contributed by atoms with E-state index in [1.165, 1.54) is 15.7 Å². The van der Waals surface area contributed by atoms with Gasteiger partial charge in [0.2, 0.25) is 0 Å². The molecule has 0 saturated carbocycles. The van der Waals surface area contributed by atoms with Crippen molar-refractivity contribution in [2.45, 2.75) is 11.3 Å². The molecular formula is C18H20ClN3O4S. The Morgan fingerprint density at radius 1 is 1.33 bits per heavy atom. The Balaban J connectivity index is 2.04. The molecule has 2 N–H and O–H groups in total. The van der Waals surface area contributed by atoms with Crippen LogP contribution in [0.2, 0.25) is 5.02 Å². The summed E-state index contributed by atoms with van der Waals surface area (Å²) in [5, 5.41) is 13.8. The third kappa shape index (κ3) is 3.98. The number of hydrogen-bond donors (Lipinski definition) is 2. The van der Waals surface area contributed by atoms with E-state index in [-0.39, 0.29) is 24.7 Å². The molecule has 0 saturated heterocycles. The van der Waals surface area contributed by atoms with Gasteiger partial charge < -0.3 is 10.4 Å². The molecule has 0 bridgehead atoms. The van der Waals surface area contributed by atoms with E-state index in [9.17, 15) is 9.59 Å². The number of benzene rings is 1. The minimum absolute atomic E-state index is 0.0254. The van der Waals surface area contributed by atoms with Crippen molar-refractivity contribution in [1.82, 2.24) is 9.63 Å². The Labute approximate surface area is 165 Å². The standard InChI is InChI=1S/C18H20ClN3O4S/c1-21-15(24)9-11-5-6-22(26-8-7-23)18(25)16(11)17(21)20-14-4-3-12(27-2)10-13(14)19/h3-4,9-10,20,23H,5-8H2,1-2H3. The minimum atomic E-state index is -0.361. The largest absolute Gasteiger partial charge is 0.394 e. The summed E-state index contributed by atoms with van der Waals surface area (Å²) >= 11 is 7.93. The highest BCUT2D eigenvalue weighted by atomic mass is 35.5. The van der Waals surface area contributed by atoms with Crippen LogP contribution in [0, 0.1) is 0 Å². The molecule has 9 heteroatoms. The number of aliphatic hydroxyl groups excluding tert-OH is 1. The van der Waals surface area contributed by atoms with Crippen molar-refractivity contribution in [3.8, 4) is 0 Å². The molecule has 1 aliphatic heterocycles. The van der Waals surface area contributed by atoms with Crippen molar-refractivity contribution in [1.29, 1.82) is 0 Å². The second-order valence-corrected chi connectivity index (χ2v) is 7.26. The Morgan fingerprint density at radius 3 is 2.78 bits per heavy atom. The lowest BCUT2D eigenvalue weighted by Crippen LogP contribution is -2.40. The predicted molar refractivity (Wildman–Crippen MR) is 106 cm³/mol. The summed E-state index contributed by atoms with van der Waals surface area (Å²) in [5.74, 6) is -0.00161. The molecule has 2 aromatic rings. The summed E-state index contributed by atoms with van der Waals surface area (Å²) in [7, 11) is 1.59. The van der Waals surface area contributed by atoms with E-state index >= 15 is 0 Å². The summed E-state index contributed by atoms with van der Waals surface area (Å²) in [4.78, 5) is 31.6. The van der Waals surface area contributed by atoms with E-state index in [1.54, 1.807) is 18.8 Å². The highest BCUT2D eigenvalue weighted by Gasteiger charge is 2.30. The average molecular weight is 410 g/mol. The van der Waals surface area contributed by atoms with Crippen molar-refractivity contribution in [2.75, 3.05) is 31.3 Å². The van der Waals surface area contributed by atoms with Crippen LogP contribution < -0.4 is 10.9 Å². The van der Waals surface area contributed by atoms with Crippen LogP contribution in [0.15, 0.2) is 34.0 Å². The SMILES string of the molecule is CSc1ccc(Nc2c3c(cc(=O)n2C)CCN(OCCO)C3=O)c(Cl)c1. The summed E-state index contributed by atoms with van der Waals surface area (Å²) in [6.07, 6.45) is 2.44. The van der Waals surface area contributed by atoms with Gasteiger partial charge in [-0.2, -0.15) is 0 Å². The molecule has 0 spiro atoms. The summed E-state index contributed by atoms with van der Waals surface area (Å²) in [5.41, 5.74) is 1.40. The molecule has 1 aromatic heterocycles. The number of carbonyl (C=O) groups is 1. The normalized spacial score (nSPS) is 13.6. The van der Waals surface area contributed by atoms with Gasteiger partial charge >= 0.3 is 0 Å². The number of aromatic nitrogens is 1. The first-order chi connectivity index (χ1) is 13.0. The van der Waals surface area contributed by atoms with Gasteiger partial charge in [-0.15, -0.1) is 11.8 Å². The number of hydroxylamine groups is 2. The van der Waals surface area contributed by atoms with Gasteiger partial charge in [-0.1, -0.05) is 11.6 Å². The van der Waals surface area contributed by atoms with Crippen molar-refractivity contribution in [3.05, 3.63) is 50.8 Å². The number of pyridine rings is 1. The fraction of sp³-hybridized carbons (Fsp3) is 0.333. The molecule has 0 aliphatic carbocycles. The molecule has 1 aliphatic rings. The Kier molecular flexibility index (Phi) is 6.11. The number of nitrogens with zero attached hydrogens (tertiary/aromatic N) is 2. The number of fused-ring (bicyclic) bond motifs is 1. The van der Waals surface area contributed by atoms with E-state index in [0.717, 1.165) is 4.90 Å². The topological polar surface area (TPSA) is 83.8 Å². The summed E-state index contributed by atoms with van der Waals surface area (Å²) < 4.78 is 1.38. The van der Waals surface area contributed by atoms with Crippen molar-refractivity contribution < 1.29 is 14.7 Å². The number of thioether (sulfide) groups is 1. The molecule has 144 valence electrons. The fourth-order valence-corrected chi connectivity index (χ4v) is 3.64. The summed E-state index contributed by atoms with van der Waals surface area (Å²) in [6, 6.07) is 7.01. The third-order valence-corrected chi connectivity index (χ3v) is 5.35. The number of rotatable bonds is 6. The molecule has 3 rings (SSSR count). The highest BCUT2D eigenvalue weighted by Crippen LogP contribution is 2.32. The van der Waals surface area contributed by atoms with Crippen molar-refractivity contribution in [3.63, 3.8) is 0 Å². The molecule has 1 amide bonds. The van der Waals surface area contributed by atoms with Gasteiger partial charge in [0, 0.05) is 18.0 Å². The molecule has 1 aromatic carbocycles. The van der Waals surface area contributed by atoms with Gasteiger partial charge in [0.1, 0.15) is 5.82 Å². The Bertz CT molecular complexity index is 932. The van der Waals surface area contributed by atoms with Crippen LogP contribution in [0.5, 0.6) is 0 Å². The molecule has 0 radical (unpaired) electrons. The molecule has 7 nitrogen and oxygen atoms in total. The molecule has 0 fully saturated rings. The maximum absolute atomic E-state index is 12.9. The molecular weight excluding hydrogens is 390 g/mol. The zero-order valence-electron chi connectivity index (χ0n) is 15.0. The van der Waals surface area contributed by atoms with Crippen molar-refractivity contribution in [2.24, 2.45) is 7.05 Å². The lowest BCUT2D eigenvalue weighted by atomic mass is 10.0. The number of amides is 1. The van der Waals surface area contributed by atoms with Gasteiger partial charge in [0.15, 0.2) is 0 Å². The fourth-order valence-electron chi connectivity index (χ4n) is 2.90. The molecule has 0 unspecified atom stereocenters. The van der Waals surface area contributed by atoms with Gasteiger partial charge in [0.25, 0.3) is 11.5 Å². The van der Waals surface area contributed by atoms with Crippen molar-refractivity contribution >= 4 is 40.8 Å². The van der Waals surface area contributed by atoms with E-state index in [1.807, 2.05) is 24.5 Å². The second kappa shape index (κ2) is 8.35. The first-order valence-corrected chi connectivity index (χ1v) is 9.95. The first-order valence-electron chi connectivity index (χ1n) is 8.35. The van der Waals surface area contributed by atoms with Crippen LogP contribution in [0.1, 0.15) is 15.9 Å². The lowest BCUT2D eigenvalue weighted by Gasteiger charge is -2.29. The van der Waals surface area contributed by atoms with Crippen LogP contribution in [-0.2, 0) is 18.3 Å². The molecule has 0 atom stereocenters. The molecule has 27 heavy (non-hydrogen) atoms. The Morgan fingerprint density at radius 2 is 2.11 bits per heavy atom. The predicted octanol–water partition coefficient (Wildman–Crippen LogP) is 2.43. The quantitative estimate of drug-likeness (QED) is 0.713. The Hall–Kier alpha value is -2.00. The van der Waals surface area contributed by atoms with Crippen LogP contribution in [-0.4, -0.2) is 46.7 Å². The van der Waals surface area contributed by atoms with E-state index < -0.39 is 0 Å². The van der Waals surface area contributed by atoms with Crippen LogP contribution >= 0.6 is 23.4 Å². The number of nitrogens with one attached hydrogen (secondary N) is 1. The zero-order chi connectivity index (χ0) is 19.6. The lowest BCUT2D eigenvalue weighted by molar-refractivity contribution is -0.132. The van der Waals surface area contributed by atoms with Gasteiger partial charge in [0.05, 0.1) is 36.0 Å². The van der Waals surface area contributed by atoms with Gasteiger partial charge in [-0.25, -0.2) is 5.06 Å². The van der Waals surface area contributed by atoms with E-state index in [0.29, 0.717) is 40.6 Å². The van der Waals surface area contributed by atoms with E-state index in [2.05, 4.69) is 5.32 Å². The maximum Gasteiger partial charge on any atom is 0.281 e. The third-order valence-electron chi connectivity index (χ3n) is 4.31. The minimum Gasteiger partial charge on any atom is -0.394 e. The number of aliphatic hydroxyl groups is 1. The summed E-state index contributed by atoms with van der Waals surface area (Å²) in [6.45, 7) is 0.158. The average Bonchev–Trinajstić information content (AvgIpc) is 2.66. The van der Waals surface area contributed by atoms with Crippen LogP contribution in [0.3, 0.4) is 0 Å². The second-order valence-electron chi connectivity index (χ2n) is 5.98.